The van der Waals surface area contributed by atoms with Crippen molar-refractivity contribution in [2.45, 2.75) is 13.3 Å². The van der Waals surface area contributed by atoms with Gasteiger partial charge in [-0.2, -0.15) is 0 Å². The van der Waals surface area contributed by atoms with Crippen molar-refractivity contribution in [3.05, 3.63) is 28.2 Å². The number of benzene rings is 1. The van der Waals surface area contributed by atoms with Crippen LogP contribution in [0.3, 0.4) is 0 Å². The molecule has 0 aromatic heterocycles. The molecule has 0 unspecified atom stereocenters. The van der Waals surface area contributed by atoms with Gasteiger partial charge >= 0.3 is 0 Å². The molecule has 13 heavy (non-hydrogen) atoms. The summed E-state index contributed by atoms with van der Waals surface area (Å²) in [6.45, 7) is 1.78. The molecule has 1 amide bonds. The summed E-state index contributed by atoms with van der Waals surface area (Å²) in [7, 11) is 0. The van der Waals surface area contributed by atoms with Crippen molar-refractivity contribution in [2.24, 2.45) is 0 Å². The van der Waals surface area contributed by atoms with Crippen molar-refractivity contribution in [1.82, 2.24) is 0 Å². The minimum atomic E-state index is -0.0571. The second kappa shape index (κ2) is 4.49. The van der Waals surface area contributed by atoms with E-state index in [4.69, 9.17) is 23.2 Å². The molecule has 1 rings (SSSR count). The van der Waals surface area contributed by atoms with Crippen molar-refractivity contribution in [3.63, 3.8) is 0 Å². The number of hydrogen-bond acceptors (Lipinski definition) is 1. The lowest BCUT2D eigenvalue weighted by molar-refractivity contribution is -0.115. The summed E-state index contributed by atoms with van der Waals surface area (Å²) in [6, 6.07) is 4.92. The Labute approximate surface area is 86.8 Å². The minimum absolute atomic E-state index is 0.0571. The standard InChI is InChI=1S/C9H9Cl2NO/c1-2-9(13)12-8-4-6(10)3-7(11)5-8/h3-5H,2H2,1H3,(H,12,13). The molecule has 0 saturated carbocycles. The smallest absolute Gasteiger partial charge is 0.224 e. The third kappa shape index (κ3) is 3.25. The predicted molar refractivity (Wildman–Crippen MR) is 55.4 cm³/mol. The van der Waals surface area contributed by atoms with Crippen molar-refractivity contribution in [2.75, 3.05) is 5.32 Å². The number of hydrogen-bond donors (Lipinski definition) is 1. The topological polar surface area (TPSA) is 29.1 Å². The molecule has 1 N–H and O–H groups in total. The summed E-state index contributed by atoms with van der Waals surface area (Å²) < 4.78 is 0. The summed E-state index contributed by atoms with van der Waals surface area (Å²) >= 11 is 11.5. The van der Waals surface area contributed by atoms with Crippen molar-refractivity contribution < 1.29 is 4.79 Å². The van der Waals surface area contributed by atoms with E-state index in [0.717, 1.165) is 0 Å². The Kier molecular flexibility index (Phi) is 3.58. The van der Waals surface area contributed by atoms with Gasteiger partial charge in [-0.1, -0.05) is 30.1 Å². The van der Waals surface area contributed by atoms with Crippen LogP contribution in [-0.2, 0) is 4.79 Å². The molecule has 0 fully saturated rings. The Hall–Kier alpha value is -0.730. The van der Waals surface area contributed by atoms with E-state index in [-0.39, 0.29) is 5.91 Å². The van der Waals surface area contributed by atoms with Gasteiger partial charge in [-0.3, -0.25) is 4.79 Å². The monoisotopic (exact) mass is 217 g/mol. The van der Waals surface area contributed by atoms with Crippen LogP contribution in [0.1, 0.15) is 13.3 Å². The number of anilines is 1. The maximum absolute atomic E-state index is 11.0. The number of carbonyl (C=O) groups is 1. The van der Waals surface area contributed by atoms with Gasteiger partial charge in [-0.25, -0.2) is 0 Å². The summed E-state index contributed by atoms with van der Waals surface area (Å²) in [5.41, 5.74) is 0.629. The van der Waals surface area contributed by atoms with Gasteiger partial charge in [-0.15, -0.1) is 0 Å². The Bertz CT molecular complexity index is 305. The third-order valence-electron chi connectivity index (χ3n) is 1.47. The van der Waals surface area contributed by atoms with E-state index in [2.05, 4.69) is 5.32 Å². The molecular weight excluding hydrogens is 209 g/mol. The lowest BCUT2D eigenvalue weighted by Crippen LogP contribution is -2.09. The van der Waals surface area contributed by atoms with E-state index >= 15 is 0 Å². The molecular formula is C9H9Cl2NO. The summed E-state index contributed by atoms with van der Waals surface area (Å²) in [6.07, 6.45) is 0.435. The van der Waals surface area contributed by atoms with E-state index in [1.165, 1.54) is 0 Å². The molecule has 4 heteroatoms. The maximum atomic E-state index is 11.0. The first-order valence-electron chi connectivity index (χ1n) is 3.87. The van der Waals surface area contributed by atoms with E-state index in [1.807, 2.05) is 0 Å². The van der Waals surface area contributed by atoms with Gasteiger partial charge in [0.05, 0.1) is 0 Å². The quantitative estimate of drug-likeness (QED) is 0.810. The molecule has 0 spiro atoms. The molecule has 70 valence electrons. The van der Waals surface area contributed by atoms with Gasteiger partial charge in [0.1, 0.15) is 0 Å². The number of amides is 1. The van der Waals surface area contributed by atoms with Crippen LogP contribution in [-0.4, -0.2) is 5.91 Å². The van der Waals surface area contributed by atoms with Gasteiger partial charge in [0, 0.05) is 22.2 Å². The lowest BCUT2D eigenvalue weighted by atomic mass is 10.3. The van der Waals surface area contributed by atoms with Crippen LogP contribution in [0.4, 0.5) is 5.69 Å². The fourth-order valence-electron chi connectivity index (χ4n) is 0.875. The Balaban J connectivity index is 2.83. The largest absolute Gasteiger partial charge is 0.326 e. The zero-order chi connectivity index (χ0) is 9.84. The van der Waals surface area contributed by atoms with E-state index in [1.54, 1.807) is 25.1 Å². The van der Waals surface area contributed by atoms with Gasteiger partial charge < -0.3 is 5.32 Å². The minimum Gasteiger partial charge on any atom is -0.326 e. The lowest BCUT2D eigenvalue weighted by Gasteiger charge is -2.04. The van der Waals surface area contributed by atoms with Crippen LogP contribution < -0.4 is 5.32 Å². The molecule has 0 heterocycles. The second-order valence-electron chi connectivity index (χ2n) is 2.56. The maximum Gasteiger partial charge on any atom is 0.224 e. The molecule has 0 radical (unpaired) electrons. The first-order chi connectivity index (χ1) is 6.11. The normalized spacial score (nSPS) is 9.77. The van der Waals surface area contributed by atoms with Gasteiger partial charge in [-0.05, 0) is 18.2 Å². The molecule has 0 aliphatic rings. The van der Waals surface area contributed by atoms with Gasteiger partial charge in [0.25, 0.3) is 0 Å². The first kappa shape index (κ1) is 10.4. The predicted octanol–water partition coefficient (Wildman–Crippen LogP) is 3.34. The van der Waals surface area contributed by atoms with Crippen LogP contribution >= 0.6 is 23.2 Å². The third-order valence-corrected chi connectivity index (χ3v) is 1.90. The Morgan fingerprint density at radius 3 is 2.31 bits per heavy atom. The highest BCUT2D eigenvalue weighted by Gasteiger charge is 2.01. The van der Waals surface area contributed by atoms with Crippen LogP contribution in [0.15, 0.2) is 18.2 Å². The van der Waals surface area contributed by atoms with Gasteiger partial charge in [0.15, 0.2) is 0 Å². The second-order valence-corrected chi connectivity index (χ2v) is 3.43. The molecule has 0 bridgehead atoms. The van der Waals surface area contributed by atoms with E-state index in [9.17, 15) is 4.79 Å². The molecule has 1 aromatic carbocycles. The zero-order valence-corrected chi connectivity index (χ0v) is 8.62. The van der Waals surface area contributed by atoms with Crippen molar-refractivity contribution >= 4 is 34.8 Å². The average Bonchev–Trinajstić information content (AvgIpc) is 2.02. The molecule has 0 atom stereocenters. The van der Waals surface area contributed by atoms with E-state index < -0.39 is 0 Å². The summed E-state index contributed by atoms with van der Waals surface area (Å²) in [5.74, 6) is -0.0571. The van der Waals surface area contributed by atoms with Crippen LogP contribution in [0.2, 0.25) is 10.0 Å². The fourth-order valence-corrected chi connectivity index (χ4v) is 1.40. The van der Waals surface area contributed by atoms with Gasteiger partial charge in [0.2, 0.25) is 5.91 Å². The summed E-state index contributed by atoms with van der Waals surface area (Å²) in [4.78, 5) is 11.0. The molecule has 0 aliphatic heterocycles. The zero-order valence-electron chi connectivity index (χ0n) is 7.10. The number of carbonyl (C=O) groups excluding carboxylic acids is 1. The SMILES string of the molecule is CCC(=O)Nc1cc(Cl)cc(Cl)c1. The molecule has 0 aliphatic carbocycles. The molecule has 0 saturated heterocycles. The Morgan fingerprint density at radius 1 is 1.31 bits per heavy atom. The van der Waals surface area contributed by atoms with Crippen molar-refractivity contribution in [3.8, 4) is 0 Å². The molecule has 1 aromatic rings. The first-order valence-corrected chi connectivity index (χ1v) is 4.63. The summed E-state index contributed by atoms with van der Waals surface area (Å²) in [5, 5.41) is 3.69. The highest BCUT2D eigenvalue weighted by atomic mass is 35.5. The number of halogens is 2. The van der Waals surface area contributed by atoms with Crippen LogP contribution in [0.5, 0.6) is 0 Å². The fraction of sp³-hybridized carbons (Fsp3) is 0.222. The van der Waals surface area contributed by atoms with Crippen LogP contribution in [0, 0.1) is 0 Å². The average molecular weight is 218 g/mol. The Morgan fingerprint density at radius 2 is 1.85 bits per heavy atom. The number of nitrogens with one attached hydrogen (secondary N) is 1. The van der Waals surface area contributed by atoms with Crippen LogP contribution in [0.25, 0.3) is 0 Å². The number of rotatable bonds is 2. The highest BCUT2D eigenvalue weighted by molar-refractivity contribution is 6.35. The van der Waals surface area contributed by atoms with Crippen molar-refractivity contribution in [1.29, 1.82) is 0 Å². The highest BCUT2D eigenvalue weighted by Crippen LogP contribution is 2.22. The molecule has 2 nitrogen and oxygen atoms in total. The van der Waals surface area contributed by atoms with E-state index in [0.29, 0.717) is 22.2 Å².